The minimum Gasteiger partial charge on any atom is -0.388 e. The third kappa shape index (κ3) is 5.93. The molecule has 4 aromatic carbocycles. The molecule has 0 aliphatic rings. The highest BCUT2D eigenvalue weighted by atomic mass is 16.3. The van der Waals surface area contributed by atoms with E-state index in [0.717, 1.165) is 22.5 Å². The van der Waals surface area contributed by atoms with Crippen LogP contribution in [0.1, 0.15) is 41.6 Å². The van der Waals surface area contributed by atoms with Gasteiger partial charge in [0, 0.05) is 0 Å². The molecule has 4 aromatic rings. The number of hydrazone groups is 1. The molecular weight excluding hydrogens is 392 g/mol. The van der Waals surface area contributed by atoms with Crippen molar-refractivity contribution < 1.29 is 5.11 Å². The third-order valence-electron chi connectivity index (χ3n) is 5.60. The maximum atomic E-state index is 11.0. The lowest BCUT2D eigenvalue weighted by Crippen LogP contribution is -2.14. The van der Waals surface area contributed by atoms with Gasteiger partial charge in [0.25, 0.3) is 0 Å². The molecule has 160 valence electrons. The van der Waals surface area contributed by atoms with Crippen LogP contribution in [0.15, 0.2) is 126 Å². The molecule has 0 aliphatic heterocycles. The van der Waals surface area contributed by atoms with Gasteiger partial charge in [-0.15, -0.1) is 0 Å². The highest BCUT2D eigenvalue weighted by Crippen LogP contribution is 2.32. The zero-order valence-electron chi connectivity index (χ0n) is 18.0. The van der Waals surface area contributed by atoms with E-state index < -0.39 is 6.10 Å². The zero-order chi connectivity index (χ0) is 22.0. The van der Waals surface area contributed by atoms with Crippen molar-refractivity contribution in [2.24, 2.45) is 5.10 Å². The molecule has 4 rings (SSSR count). The average molecular weight is 421 g/mol. The van der Waals surface area contributed by atoms with Gasteiger partial charge in [0.05, 0.1) is 17.5 Å². The molecule has 0 radical (unpaired) electrons. The number of nitrogens with zero attached hydrogens (tertiary/aromatic N) is 1. The SMILES string of the molecule is OC(CC(CC(=NNc1ccccc1)c1ccccc1)c1ccccc1)c1ccccc1. The molecule has 2 unspecified atom stereocenters. The van der Waals surface area contributed by atoms with Crippen molar-refractivity contribution in [3.05, 3.63) is 138 Å². The second-order valence-electron chi connectivity index (χ2n) is 7.88. The molecule has 0 saturated carbocycles. The lowest BCUT2D eigenvalue weighted by atomic mass is 9.85. The second kappa shape index (κ2) is 11.1. The summed E-state index contributed by atoms with van der Waals surface area (Å²) in [6.45, 7) is 0. The van der Waals surface area contributed by atoms with Crippen LogP contribution in [-0.4, -0.2) is 10.8 Å². The van der Waals surface area contributed by atoms with Gasteiger partial charge in [0.15, 0.2) is 0 Å². The molecule has 0 aliphatic carbocycles. The topological polar surface area (TPSA) is 44.6 Å². The number of nitrogens with one attached hydrogen (secondary N) is 1. The summed E-state index contributed by atoms with van der Waals surface area (Å²) in [5.41, 5.74) is 8.33. The van der Waals surface area contributed by atoms with Crippen molar-refractivity contribution in [3.63, 3.8) is 0 Å². The van der Waals surface area contributed by atoms with Gasteiger partial charge in [0.1, 0.15) is 0 Å². The Hall–Kier alpha value is -3.69. The van der Waals surface area contributed by atoms with Gasteiger partial charge in [-0.3, -0.25) is 5.43 Å². The van der Waals surface area contributed by atoms with Gasteiger partial charge >= 0.3 is 0 Å². The van der Waals surface area contributed by atoms with Crippen molar-refractivity contribution in [1.82, 2.24) is 0 Å². The molecule has 0 amide bonds. The Kier molecular flexibility index (Phi) is 7.46. The number of hydrogen-bond acceptors (Lipinski definition) is 3. The zero-order valence-corrected chi connectivity index (χ0v) is 18.0. The lowest BCUT2D eigenvalue weighted by Gasteiger charge is -2.22. The Labute approximate surface area is 190 Å². The summed E-state index contributed by atoms with van der Waals surface area (Å²) in [5.74, 6) is 0.114. The number of hydrogen-bond donors (Lipinski definition) is 2. The molecule has 0 aromatic heterocycles. The van der Waals surface area contributed by atoms with Crippen LogP contribution in [0.2, 0.25) is 0 Å². The molecule has 0 bridgehead atoms. The van der Waals surface area contributed by atoms with Crippen molar-refractivity contribution in [1.29, 1.82) is 0 Å². The molecule has 0 fully saturated rings. The average Bonchev–Trinajstić information content (AvgIpc) is 2.88. The van der Waals surface area contributed by atoms with Gasteiger partial charge in [-0.2, -0.15) is 5.10 Å². The molecule has 3 heteroatoms. The van der Waals surface area contributed by atoms with E-state index in [2.05, 4.69) is 41.8 Å². The number of benzene rings is 4. The van der Waals surface area contributed by atoms with Crippen molar-refractivity contribution in [2.45, 2.75) is 24.9 Å². The van der Waals surface area contributed by atoms with Crippen molar-refractivity contribution >= 4 is 11.4 Å². The third-order valence-corrected chi connectivity index (χ3v) is 5.60. The van der Waals surface area contributed by atoms with E-state index in [1.165, 1.54) is 5.56 Å². The number of rotatable bonds is 9. The summed E-state index contributed by atoms with van der Waals surface area (Å²) in [5, 5.41) is 15.8. The second-order valence-corrected chi connectivity index (χ2v) is 7.88. The summed E-state index contributed by atoms with van der Waals surface area (Å²) in [6.07, 6.45) is 0.781. The number of aliphatic hydroxyl groups is 1. The fourth-order valence-electron chi connectivity index (χ4n) is 3.88. The quantitative estimate of drug-likeness (QED) is 0.231. The predicted molar refractivity (Wildman–Crippen MR) is 133 cm³/mol. The fraction of sp³-hybridized carbons (Fsp3) is 0.138. The van der Waals surface area contributed by atoms with Gasteiger partial charge < -0.3 is 5.11 Å². The van der Waals surface area contributed by atoms with E-state index in [1.54, 1.807) is 0 Å². The summed E-state index contributed by atoms with van der Waals surface area (Å²) in [7, 11) is 0. The number of para-hydroxylation sites is 1. The number of anilines is 1. The van der Waals surface area contributed by atoms with Crippen LogP contribution >= 0.6 is 0 Å². The molecule has 32 heavy (non-hydrogen) atoms. The highest BCUT2D eigenvalue weighted by molar-refractivity contribution is 6.01. The molecule has 3 nitrogen and oxygen atoms in total. The molecule has 2 atom stereocenters. The summed E-state index contributed by atoms with van der Waals surface area (Å²) in [6, 6.07) is 40.5. The normalized spacial score (nSPS) is 13.3. The van der Waals surface area contributed by atoms with Crippen LogP contribution in [-0.2, 0) is 0 Å². The molecule has 0 spiro atoms. The first-order valence-electron chi connectivity index (χ1n) is 11.0. The molecule has 0 saturated heterocycles. The van der Waals surface area contributed by atoms with Gasteiger partial charge in [-0.25, -0.2) is 0 Å². The first-order chi connectivity index (χ1) is 15.8. The van der Waals surface area contributed by atoms with Crippen LogP contribution in [0.5, 0.6) is 0 Å². The Morgan fingerprint density at radius 1 is 0.656 bits per heavy atom. The van der Waals surface area contributed by atoms with E-state index in [1.807, 2.05) is 84.9 Å². The van der Waals surface area contributed by atoms with Crippen LogP contribution in [0, 0.1) is 0 Å². The fourth-order valence-corrected chi connectivity index (χ4v) is 3.88. The largest absolute Gasteiger partial charge is 0.388 e. The van der Waals surface area contributed by atoms with Crippen LogP contribution < -0.4 is 5.43 Å². The maximum Gasteiger partial charge on any atom is 0.0796 e. The first kappa shape index (κ1) is 21.5. The Morgan fingerprint density at radius 3 is 1.75 bits per heavy atom. The van der Waals surface area contributed by atoms with Crippen LogP contribution in [0.3, 0.4) is 0 Å². The van der Waals surface area contributed by atoms with E-state index in [9.17, 15) is 5.11 Å². The van der Waals surface area contributed by atoms with Gasteiger partial charge in [-0.1, -0.05) is 109 Å². The molecule has 2 N–H and O–H groups in total. The highest BCUT2D eigenvalue weighted by Gasteiger charge is 2.21. The van der Waals surface area contributed by atoms with Gasteiger partial charge in [0.2, 0.25) is 0 Å². The Morgan fingerprint density at radius 2 is 1.16 bits per heavy atom. The van der Waals surface area contributed by atoms with Gasteiger partial charge in [-0.05, 0) is 47.6 Å². The predicted octanol–water partition coefficient (Wildman–Crippen LogP) is 6.80. The van der Waals surface area contributed by atoms with E-state index >= 15 is 0 Å². The monoisotopic (exact) mass is 420 g/mol. The Bertz CT molecular complexity index is 1100. The minimum atomic E-state index is -0.541. The lowest BCUT2D eigenvalue weighted by molar-refractivity contribution is 0.158. The summed E-state index contributed by atoms with van der Waals surface area (Å²) in [4.78, 5) is 0. The number of aliphatic hydroxyl groups excluding tert-OH is 1. The summed E-state index contributed by atoms with van der Waals surface area (Å²) >= 11 is 0. The smallest absolute Gasteiger partial charge is 0.0796 e. The Balaban J connectivity index is 1.63. The van der Waals surface area contributed by atoms with Crippen LogP contribution in [0.4, 0.5) is 5.69 Å². The van der Waals surface area contributed by atoms with E-state index in [4.69, 9.17) is 5.10 Å². The van der Waals surface area contributed by atoms with Crippen LogP contribution in [0.25, 0.3) is 0 Å². The standard InChI is InChI=1S/C29H28N2O/c32-29(25-17-9-3-10-18-25)22-26(23-13-5-1-6-14-23)21-28(24-15-7-2-8-16-24)31-30-27-19-11-4-12-20-27/h1-20,26,29-30,32H,21-22H2. The molecule has 0 heterocycles. The van der Waals surface area contributed by atoms with E-state index in [-0.39, 0.29) is 5.92 Å². The van der Waals surface area contributed by atoms with Crippen molar-refractivity contribution in [2.75, 3.05) is 5.43 Å². The van der Waals surface area contributed by atoms with Crippen molar-refractivity contribution in [3.8, 4) is 0 Å². The molecular formula is C29H28N2O. The summed E-state index contributed by atoms with van der Waals surface area (Å²) < 4.78 is 0. The first-order valence-corrected chi connectivity index (χ1v) is 11.0. The minimum absolute atomic E-state index is 0.114. The maximum absolute atomic E-state index is 11.0. The van der Waals surface area contributed by atoms with E-state index in [0.29, 0.717) is 12.8 Å².